The molecule has 0 aliphatic rings. The van der Waals surface area contributed by atoms with E-state index in [1.165, 1.54) is 193 Å². The zero-order valence-corrected chi connectivity index (χ0v) is 36.6. The Balaban J connectivity index is -0.000000240. The van der Waals surface area contributed by atoms with Gasteiger partial charge in [-0.25, -0.2) is 0 Å². The van der Waals surface area contributed by atoms with Crippen molar-refractivity contribution in [3.63, 3.8) is 0 Å². The normalized spacial score (nSPS) is 10.3. The second kappa shape index (κ2) is 53.5. The van der Waals surface area contributed by atoms with E-state index in [2.05, 4.69) is 58.7 Å². The van der Waals surface area contributed by atoms with E-state index in [1.807, 2.05) is 0 Å². The zero-order chi connectivity index (χ0) is 29.3. The van der Waals surface area contributed by atoms with Gasteiger partial charge in [-0.05, 0) is 36.5 Å². The maximum atomic E-state index is 4.20. The van der Waals surface area contributed by atoms with E-state index in [9.17, 15) is 0 Å². The van der Waals surface area contributed by atoms with E-state index in [0.717, 1.165) is 17.3 Å². The fourth-order valence-corrected chi connectivity index (χ4v) is 5.47. The summed E-state index contributed by atoms with van der Waals surface area (Å²) < 4.78 is 0. The molecule has 0 bridgehead atoms. The van der Waals surface area contributed by atoms with Gasteiger partial charge in [0.15, 0.2) is 0 Å². The van der Waals surface area contributed by atoms with Crippen molar-refractivity contribution in [3.8, 4) is 0 Å². The molecule has 40 heavy (non-hydrogen) atoms. The first-order chi connectivity index (χ1) is 19.2. The van der Waals surface area contributed by atoms with Crippen LogP contribution >= 0.6 is 37.9 Å². The number of unbranched alkanes of at least 4 members (excludes halogenated alkanes) is 27. The molecule has 0 aliphatic carbocycles. The topological polar surface area (TPSA) is 0 Å². The predicted molar refractivity (Wildman–Crippen MR) is 207 cm³/mol. The maximum absolute atomic E-state index is 4.20. The average Bonchev–Trinajstić information content (AvgIpc) is 2.95. The van der Waals surface area contributed by atoms with Gasteiger partial charge in [0.05, 0.1) is 0 Å². The van der Waals surface area contributed by atoms with Crippen molar-refractivity contribution in [2.75, 3.05) is 17.3 Å². The van der Waals surface area contributed by atoms with Gasteiger partial charge in [-0.2, -0.15) is 37.9 Å². The molecular formula is C36H81BiS3. The summed E-state index contributed by atoms with van der Waals surface area (Å²) in [6.45, 7) is 6.83. The van der Waals surface area contributed by atoms with Crippen LogP contribution in [-0.2, 0) is 0 Å². The van der Waals surface area contributed by atoms with Crippen LogP contribution in [0.25, 0.3) is 0 Å². The van der Waals surface area contributed by atoms with Gasteiger partial charge < -0.3 is 0 Å². The Bertz CT molecular complexity index is 273. The molecule has 0 saturated heterocycles. The second-order valence-corrected chi connectivity index (χ2v) is 13.1. The molecule has 0 amide bonds. The van der Waals surface area contributed by atoms with E-state index in [0.29, 0.717) is 0 Å². The Morgan fingerprint density at radius 2 is 0.350 bits per heavy atom. The predicted octanol–water partition coefficient (Wildman–Crippen LogP) is 13.3. The summed E-state index contributed by atoms with van der Waals surface area (Å²) in [5.74, 6) is 3.20. The number of rotatable bonds is 30. The van der Waals surface area contributed by atoms with Gasteiger partial charge in [-0.1, -0.05) is 194 Å². The number of thiol groups is 3. The van der Waals surface area contributed by atoms with Crippen molar-refractivity contribution < 1.29 is 0 Å². The summed E-state index contributed by atoms with van der Waals surface area (Å²) in [4.78, 5) is 0. The fourth-order valence-electron chi connectivity index (χ4n) is 4.80. The first kappa shape index (κ1) is 48.8. The molecule has 0 nitrogen and oxygen atoms in total. The molecule has 248 valence electrons. The SMILES string of the molecule is CCCCCCCCCCCCS.CCCCCCCCCCCCS.CCCCCCCCCCCCS.[BiH3]. The van der Waals surface area contributed by atoms with Gasteiger partial charge in [0.1, 0.15) is 0 Å². The van der Waals surface area contributed by atoms with Gasteiger partial charge in [0.25, 0.3) is 0 Å². The third kappa shape index (κ3) is 59.4. The molecule has 0 atom stereocenters. The minimum absolute atomic E-state index is 0. The van der Waals surface area contributed by atoms with Crippen molar-refractivity contribution >= 4 is 64.1 Å². The van der Waals surface area contributed by atoms with Crippen molar-refractivity contribution in [3.05, 3.63) is 0 Å². The number of hydrogen-bond donors (Lipinski definition) is 3. The van der Waals surface area contributed by atoms with Gasteiger partial charge in [-0.3, -0.25) is 0 Å². The quantitative estimate of drug-likeness (QED) is 0.0359. The second-order valence-electron chi connectivity index (χ2n) is 11.7. The Kier molecular flexibility index (Phi) is 65.3. The van der Waals surface area contributed by atoms with Crippen molar-refractivity contribution in [1.29, 1.82) is 0 Å². The van der Waals surface area contributed by atoms with Gasteiger partial charge in [0, 0.05) is 0 Å². The molecule has 4 heteroatoms. The van der Waals surface area contributed by atoms with Crippen LogP contribution in [-0.4, -0.2) is 43.5 Å². The van der Waals surface area contributed by atoms with Crippen LogP contribution < -0.4 is 0 Å². The molecule has 0 unspecified atom stereocenters. The summed E-state index contributed by atoms with van der Waals surface area (Å²) in [5, 5.41) is 0. The molecule has 0 fully saturated rings. The van der Waals surface area contributed by atoms with Crippen molar-refractivity contribution in [2.45, 2.75) is 213 Å². The number of hydrogen-bond acceptors (Lipinski definition) is 3. The Morgan fingerprint density at radius 1 is 0.225 bits per heavy atom. The third-order valence-corrected chi connectivity index (χ3v) is 8.48. The molecule has 0 saturated carbocycles. The molecule has 0 aliphatic heterocycles. The molecular weight excluding hydrogens is 738 g/mol. The van der Waals surface area contributed by atoms with E-state index in [-0.39, 0.29) is 26.2 Å². The standard InChI is InChI=1S/3C12H26S.Bi.3H/c3*1-2-3-4-5-6-7-8-9-10-11-12-13;;;;/h3*13H,2-12H2,1H3;;;;. The zero-order valence-electron chi connectivity index (χ0n) is 28.4. The molecule has 0 aromatic heterocycles. The summed E-state index contributed by atoms with van der Waals surface area (Å²) in [6.07, 6.45) is 42.5. The van der Waals surface area contributed by atoms with Crippen LogP contribution in [0.5, 0.6) is 0 Å². The van der Waals surface area contributed by atoms with Gasteiger partial charge in [-0.15, -0.1) is 0 Å². The van der Waals surface area contributed by atoms with Crippen LogP contribution in [0.4, 0.5) is 0 Å². The first-order valence-corrected chi connectivity index (χ1v) is 20.0. The van der Waals surface area contributed by atoms with E-state index in [1.54, 1.807) is 0 Å². The van der Waals surface area contributed by atoms with E-state index < -0.39 is 0 Å². The Labute approximate surface area is 292 Å². The van der Waals surface area contributed by atoms with E-state index in [4.69, 9.17) is 0 Å². The van der Waals surface area contributed by atoms with Crippen LogP contribution in [0.3, 0.4) is 0 Å². The third-order valence-electron chi connectivity index (χ3n) is 7.54. The Hall–Kier alpha value is 1.93. The molecule has 0 rings (SSSR count). The molecule has 0 spiro atoms. The molecule has 0 aromatic carbocycles. The minimum atomic E-state index is 0. The summed E-state index contributed by atoms with van der Waals surface area (Å²) in [7, 11) is 0. The van der Waals surface area contributed by atoms with Crippen LogP contribution in [0.15, 0.2) is 0 Å². The first-order valence-electron chi connectivity index (χ1n) is 18.1. The molecule has 0 heterocycles. The molecule has 0 aromatic rings. The van der Waals surface area contributed by atoms with Gasteiger partial charge >= 0.3 is 26.2 Å². The van der Waals surface area contributed by atoms with E-state index >= 15 is 0 Å². The van der Waals surface area contributed by atoms with Crippen molar-refractivity contribution in [2.24, 2.45) is 0 Å². The summed E-state index contributed by atoms with van der Waals surface area (Å²) in [5.41, 5.74) is 0. The average molecular weight is 819 g/mol. The molecule has 0 N–H and O–H groups in total. The Morgan fingerprint density at radius 3 is 0.475 bits per heavy atom. The fraction of sp³-hybridized carbons (Fsp3) is 1.00. The van der Waals surface area contributed by atoms with Crippen LogP contribution in [0.1, 0.15) is 213 Å². The van der Waals surface area contributed by atoms with Crippen molar-refractivity contribution in [1.82, 2.24) is 0 Å². The van der Waals surface area contributed by atoms with Crippen LogP contribution in [0.2, 0.25) is 0 Å². The van der Waals surface area contributed by atoms with Crippen LogP contribution in [0, 0.1) is 0 Å². The summed E-state index contributed by atoms with van der Waals surface area (Å²) in [6, 6.07) is 0. The van der Waals surface area contributed by atoms with Gasteiger partial charge in [0.2, 0.25) is 0 Å². The summed E-state index contributed by atoms with van der Waals surface area (Å²) >= 11 is 12.6. The monoisotopic (exact) mass is 819 g/mol. The molecule has 0 radical (unpaired) electrons.